The Bertz CT molecular complexity index is 923. The number of ether oxygens (including phenoxy) is 2. The van der Waals surface area contributed by atoms with Crippen LogP contribution in [0.2, 0.25) is 0 Å². The average molecular weight is 457 g/mol. The van der Waals surface area contributed by atoms with Gasteiger partial charge in [-0.3, -0.25) is 24.1 Å². The first-order valence-electron chi connectivity index (χ1n) is 8.83. The summed E-state index contributed by atoms with van der Waals surface area (Å²) in [6.45, 7) is 1.11. The Morgan fingerprint density at radius 2 is 2.00 bits per heavy atom. The van der Waals surface area contributed by atoms with Gasteiger partial charge in [-0.15, -0.1) is 11.8 Å². The number of benzene rings is 1. The van der Waals surface area contributed by atoms with E-state index in [1.165, 1.54) is 18.7 Å². The Morgan fingerprint density at radius 1 is 1.32 bits per heavy atom. The van der Waals surface area contributed by atoms with Crippen LogP contribution >= 0.6 is 11.8 Å². The van der Waals surface area contributed by atoms with Crippen molar-refractivity contribution in [3.63, 3.8) is 0 Å². The summed E-state index contributed by atoms with van der Waals surface area (Å²) in [4.78, 5) is 59.9. The monoisotopic (exact) mass is 457 g/mol. The first-order chi connectivity index (χ1) is 14.3. The number of carboxylic acids is 1. The van der Waals surface area contributed by atoms with Gasteiger partial charge in [0.05, 0.1) is 0 Å². The van der Waals surface area contributed by atoms with Gasteiger partial charge in [-0.2, -0.15) is 0 Å². The maximum Gasteiger partial charge on any atom is 0.352 e. The zero-order chi connectivity index (χ0) is 21.8. The van der Waals surface area contributed by atoms with Crippen LogP contribution < -0.4 is 5.32 Å². The van der Waals surface area contributed by atoms with E-state index in [1.807, 2.05) is 0 Å². The van der Waals surface area contributed by atoms with Gasteiger partial charge in [0.1, 0.15) is 23.7 Å². The molecule has 31 heavy (non-hydrogen) atoms. The van der Waals surface area contributed by atoms with Crippen LogP contribution in [0.3, 0.4) is 0 Å². The van der Waals surface area contributed by atoms with E-state index in [0.717, 1.165) is 4.90 Å². The van der Waals surface area contributed by atoms with Crippen molar-refractivity contribution < 1.29 is 38.6 Å². The Morgan fingerprint density at radius 3 is 2.58 bits per heavy atom. The van der Waals surface area contributed by atoms with Gasteiger partial charge in [-0.05, 0) is 0 Å². The summed E-state index contributed by atoms with van der Waals surface area (Å²) in [6, 6.07) is 7.30. The van der Waals surface area contributed by atoms with Crippen LogP contribution in [0, 0.1) is 0 Å². The number of carbonyl (C=O) groups is 5. The summed E-state index contributed by atoms with van der Waals surface area (Å²) in [6.07, 6.45) is -1.24. The van der Waals surface area contributed by atoms with E-state index in [0.29, 0.717) is 11.1 Å². The molecule has 2 amide bonds. The Kier molecular flexibility index (Phi) is 8.69. The number of fused-ring (bicyclic) bond motifs is 1. The molecule has 1 fully saturated rings. The van der Waals surface area contributed by atoms with Crippen molar-refractivity contribution in [3.8, 4) is 0 Å². The number of β-lactam (4-membered cyclic amide) rings is 1. The number of nitrogens with one attached hydrogen (secondary N) is 1. The molecule has 2 aliphatic heterocycles. The van der Waals surface area contributed by atoms with E-state index in [4.69, 9.17) is 9.47 Å². The van der Waals surface area contributed by atoms with Crippen LogP contribution in [0.4, 0.5) is 0 Å². The topological polar surface area (TPSA) is 139 Å². The predicted molar refractivity (Wildman–Crippen MR) is 108 cm³/mol. The summed E-state index contributed by atoms with van der Waals surface area (Å²) >= 11 is 1.24. The molecule has 0 aromatic heterocycles. The van der Waals surface area contributed by atoms with Gasteiger partial charge in [0.2, 0.25) is 6.10 Å². The molecule has 3 atom stereocenters. The van der Waals surface area contributed by atoms with Gasteiger partial charge in [0.15, 0.2) is 0 Å². The van der Waals surface area contributed by atoms with Crippen molar-refractivity contribution in [2.75, 3.05) is 12.4 Å². The van der Waals surface area contributed by atoms with Gasteiger partial charge in [0, 0.05) is 53.4 Å². The SMILES string of the molecule is CC(=O)OCC1=C(C(=O)O)N2C(=O)[C@@H](NC(=O)[C@H](OC=O)c3ccccc3)[C@H]2SC1.[Na]. The Labute approximate surface area is 203 Å². The smallest absolute Gasteiger partial charge is 0.352 e. The number of carboxylic acid groups (broad SMARTS) is 1. The molecule has 2 aliphatic rings. The normalized spacial score (nSPS) is 20.4. The number of esters is 1. The summed E-state index contributed by atoms with van der Waals surface area (Å²) in [5, 5.41) is 11.4. The number of carbonyl (C=O) groups excluding carboxylic acids is 4. The van der Waals surface area contributed by atoms with E-state index in [2.05, 4.69) is 5.32 Å². The van der Waals surface area contributed by atoms with E-state index in [-0.39, 0.29) is 54.1 Å². The molecule has 1 radical (unpaired) electrons. The summed E-state index contributed by atoms with van der Waals surface area (Å²) in [5.41, 5.74) is 0.472. The fraction of sp³-hybridized carbons (Fsp3) is 0.316. The van der Waals surface area contributed by atoms with Crippen molar-refractivity contribution in [1.29, 1.82) is 0 Å². The summed E-state index contributed by atoms with van der Waals surface area (Å²) < 4.78 is 9.76. The second-order valence-electron chi connectivity index (χ2n) is 6.46. The van der Waals surface area contributed by atoms with E-state index >= 15 is 0 Å². The Balaban J connectivity index is 0.00000341. The molecule has 12 heteroatoms. The van der Waals surface area contributed by atoms with Gasteiger partial charge < -0.3 is 19.9 Å². The van der Waals surface area contributed by atoms with Gasteiger partial charge in [-0.1, -0.05) is 30.3 Å². The molecule has 1 aromatic rings. The minimum absolute atomic E-state index is 0. The summed E-state index contributed by atoms with van der Waals surface area (Å²) in [7, 11) is 0. The number of nitrogens with zero attached hydrogens (tertiary/aromatic N) is 1. The largest absolute Gasteiger partial charge is 0.477 e. The van der Waals surface area contributed by atoms with Crippen molar-refractivity contribution in [2.24, 2.45) is 0 Å². The molecule has 0 aliphatic carbocycles. The fourth-order valence-electron chi connectivity index (χ4n) is 3.19. The predicted octanol–water partition coefficient (Wildman–Crippen LogP) is -0.178. The number of hydrogen-bond donors (Lipinski definition) is 2. The molecule has 1 aromatic carbocycles. The Hall–Kier alpha value is -2.34. The molecule has 159 valence electrons. The van der Waals surface area contributed by atoms with Crippen LogP contribution in [0.5, 0.6) is 0 Å². The van der Waals surface area contributed by atoms with E-state index in [9.17, 15) is 29.1 Å². The number of rotatable bonds is 8. The standard InChI is InChI=1S/C19H18N2O8S.Na/c1-10(23)28-7-12-8-30-18-13(17(25)21(18)14(12)19(26)27)20-16(24)15(29-9-22)11-5-3-2-4-6-11;/h2-6,9,13,15,18H,7-8H2,1H3,(H,20,24)(H,26,27);/t13-,15-,18-;/m1./s1. The fourth-order valence-corrected chi connectivity index (χ4v) is 4.51. The molecule has 0 unspecified atom stereocenters. The quantitative estimate of drug-likeness (QED) is 0.236. The minimum atomic E-state index is -1.33. The third-order valence-electron chi connectivity index (χ3n) is 4.53. The number of aliphatic carboxylic acids is 1. The number of hydrogen-bond acceptors (Lipinski definition) is 8. The molecular formula is C19H18N2NaO8S. The molecule has 0 spiro atoms. The third-order valence-corrected chi connectivity index (χ3v) is 5.87. The zero-order valence-electron chi connectivity index (χ0n) is 16.8. The maximum atomic E-state index is 12.7. The first kappa shape index (κ1) is 24.9. The maximum absolute atomic E-state index is 12.7. The average Bonchev–Trinajstić information content (AvgIpc) is 2.73. The second-order valence-corrected chi connectivity index (χ2v) is 7.56. The van der Waals surface area contributed by atoms with Gasteiger partial charge in [0.25, 0.3) is 18.3 Å². The van der Waals surface area contributed by atoms with Crippen LogP contribution in [-0.2, 0) is 33.4 Å². The molecule has 0 bridgehead atoms. The van der Waals surface area contributed by atoms with Crippen LogP contribution in [0.25, 0.3) is 0 Å². The minimum Gasteiger partial charge on any atom is -0.477 e. The molecular weight excluding hydrogens is 439 g/mol. The van der Waals surface area contributed by atoms with E-state index in [1.54, 1.807) is 30.3 Å². The molecule has 3 rings (SSSR count). The third kappa shape index (κ3) is 5.29. The van der Waals surface area contributed by atoms with Crippen molar-refractivity contribution in [3.05, 3.63) is 47.2 Å². The van der Waals surface area contributed by atoms with Crippen LogP contribution in [0.15, 0.2) is 41.6 Å². The molecule has 2 heterocycles. The molecule has 10 nitrogen and oxygen atoms in total. The molecule has 1 saturated heterocycles. The van der Waals surface area contributed by atoms with Crippen LogP contribution in [0.1, 0.15) is 18.6 Å². The summed E-state index contributed by atoms with van der Waals surface area (Å²) in [5.74, 6) is -2.99. The number of thioether (sulfide) groups is 1. The molecule has 2 N–H and O–H groups in total. The van der Waals surface area contributed by atoms with Crippen LogP contribution in [-0.4, -0.2) is 93.6 Å². The number of amides is 2. The van der Waals surface area contributed by atoms with Crippen molar-refractivity contribution in [1.82, 2.24) is 10.2 Å². The van der Waals surface area contributed by atoms with Crippen molar-refractivity contribution in [2.45, 2.75) is 24.4 Å². The first-order valence-corrected chi connectivity index (χ1v) is 9.87. The molecule has 0 saturated carbocycles. The zero-order valence-corrected chi connectivity index (χ0v) is 19.6. The van der Waals surface area contributed by atoms with Crippen molar-refractivity contribution >= 4 is 71.5 Å². The van der Waals surface area contributed by atoms with Gasteiger partial charge in [-0.25, -0.2) is 4.79 Å². The van der Waals surface area contributed by atoms with E-state index < -0.39 is 41.3 Å². The second kappa shape index (κ2) is 10.8. The van der Waals surface area contributed by atoms with Gasteiger partial charge >= 0.3 is 11.9 Å².